The van der Waals surface area contributed by atoms with E-state index in [1.807, 2.05) is 26.0 Å². The van der Waals surface area contributed by atoms with E-state index in [-0.39, 0.29) is 11.9 Å². The number of amides is 1. The predicted octanol–water partition coefficient (Wildman–Crippen LogP) is 2.25. The lowest BCUT2D eigenvalue weighted by molar-refractivity contribution is -0.120. The number of carbonyl (C=O) groups is 1. The molecule has 1 aromatic carbocycles. The van der Waals surface area contributed by atoms with Crippen molar-refractivity contribution in [3.05, 3.63) is 34.9 Å². The molecule has 88 valence electrons. The zero-order valence-corrected chi connectivity index (χ0v) is 10.3. The summed E-state index contributed by atoms with van der Waals surface area (Å²) in [6.07, 6.45) is 0.935. The molecule has 1 amide bonds. The van der Waals surface area contributed by atoms with Crippen LogP contribution in [0.25, 0.3) is 0 Å². The van der Waals surface area contributed by atoms with E-state index in [0.29, 0.717) is 5.02 Å². The Kier molecular flexibility index (Phi) is 4.77. The van der Waals surface area contributed by atoms with Crippen LogP contribution in [0.2, 0.25) is 5.02 Å². The van der Waals surface area contributed by atoms with E-state index in [4.69, 9.17) is 17.3 Å². The fourth-order valence-corrected chi connectivity index (χ4v) is 1.63. The summed E-state index contributed by atoms with van der Waals surface area (Å²) in [6, 6.07) is 6.94. The lowest BCUT2D eigenvalue weighted by atomic mass is 10.1. The summed E-state index contributed by atoms with van der Waals surface area (Å²) >= 11 is 5.88. The standard InChI is InChI=1S/C12H17ClN2O/c1-3-8(2)15-11(12(14)16)9-5-4-6-10(13)7-9/h4-8,11,15H,3H2,1-2H3,(H2,14,16). The van der Waals surface area contributed by atoms with Crippen LogP contribution in [0, 0.1) is 0 Å². The molecule has 4 heteroatoms. The number of primary amides is 1. The Bertz CT molecular complexity index is 368. The van der Waals surface area contributed by atoms with Gasteiger partial charge in [-0.05, 0) is 31.0 Å². The maximum Gasteiger partial charge on any atom is 0.239 e. The zero-order valence-electron chi connectivity index (χ0n) is 9.53. The lowest BCUT2D eigenvalue weighted by Crippen LogP contribution is -2.38. The van der Waals surface area contributed by atoms with Gasteiger partial charge in [0.05, 0.1) is 0 Å². The van der Waals surface area contributed by atoms with Gasteiger partial charge in [-0.25, -0.2) is 0 Å². The van der Waals surface area contributed by atoms with Crippen molar-refractivity contribution in [2.24, 2.45) is 5.73 Å². The molecule has 0 aliphatic rings. The van der Waals surface area contributed by atoms with Gasteiger partial charge in [0, 0.05) is 11.1 Å². The number of carbonyl (C=O) groups excluding carboxylic acids is 1. The van der Waals surface area contributed by atoms with Gasteiger partial charge in [0.25, 0.3) is 0 Å². The van der Waals surface area contributed by atoms with Gasteiger partial charge < -0.3 is 5.73 Å². The quantitative estimate of drug-likeness (QED) is 0.830. The van der Waals surface area contributed by atoms with E-state index < -0.39 is 6.04 Å². The first-order valence-electron chi connectivity index (χ1n) is 5.35. The molecule has 0 fully saturated rings. The normalized spacial score (nSPS) is 14.4. The molecule has 0 bridgehead atoms. The summed E-state index contributed by atoms with van der Waals surface area (Å²) in [7, 11) is 0. The van der Waals surface area contributed by atoms with Gasteiger partial charge in [-0.15, -0.1) is 0 Å². The van der Waals surface area contributed by atoms with Crippen LogP contribution in [0.1, 0.15) is 31.9 Å². The van der Waals surface area contributed by atoms with E-state index in [2.05, 4.69) is 5.32 Å². The fraction of sp³-hybridized carbons (Fsp3) is 0.417. The summed E-state index contributed by atoms with van der Waals surface area (Å²) < 4.78 is 0. The van der Waals surface area contributed by atoms with E-state index in [0.717, 1.165) is 12.0 Å². The first-order valence-corrected chi connectivity index (χ1v) is 5.73. The first-order chi connectivity index (χ1) is 7.54. The molecule has 3 nitrogen and oxygen atoms in total. The minimum absolute atomic E-state index is 0.233. The van der Waals surface area contributed by atoms with Gasteiger partial charge in [-0.2, -0.15) is 0 Å². The minimum atomic E-state index is -0.478. The molecule has 0 saturated heterocycles. The van der Waals surface area contributed by atoms with Gasteiger partial charge in [0.15, 0.2) is 0 Å². The topological polar surface area (TPSA) is 55.1 Å². The molecule has 0 aliphatic heterocycles. The van der Waals surface area contributed by atoms with Crippen LogP contribution >= 0.6 is 11.6 Å². The SMILES string of the molecule is CCC(C)NC(C(N)=O)c1cccc(Cl)c1. The summed E-state index contributed by atoms with van der Waals surface area (Å²) in [5.41, 5.74) is 6.18. The summed E-state index contributed by atoms with van der Waals surface area (Å²) in [6.45, 7) is 4.06. The number of benzene rings is 1. The highest BCUT2D eigenvalue weighted by molar-refractivity contribution is 6.30. The van der Waals surface area contributed by atoms with E-state index in [1.54, 1.807) is 12.1 Å². The van der Waals surface area contributed by atoms with E-state index in [1.165, 1.54) is 0 Å². The third kappa shape index (κ3) is 3.51. The smallest absolute Gasteiger partial charge is 0.239 e. The molecule has 0 aliphatic carbocycles. The van der Waals surface area contributed by atoms with Crippen LogP contribution < -0.4 is 11.1 Å². The zero-order chi connectivity index (χ0) is 12.1. The third-order valence-electron chi connectivity index (χ3n) is 2.53. The highest BCUT2D eigenvalue weighted by Crippen LogP contribution is 2.18. The van der Waals surface area contributed by atoms with Crippen molar-refractivity contribution < 1.29 is 4.79 Å². The van der Waals surface area contributed by atoms with Gasteiger partial charge in [0.2, 0.25) is 5.91 Å². The molecule has 1 rings (SSSR count). The highest BCUT2D eigenvalue weighted by Gasteiger charge is 2.19. The monoisotopic (exact) mass is 240 g/mol. The molecular weight excluding hydrogens is 224 g/mol. The van der Waals surface area contributed by atoms with Crippen molar-refractivity contribution in [1.29, 1.82) is 0 Å². The Labute approximate surface area is 101 Å². The van der Waals surface area contributed by atoms with Crippen molar-refractivity contribution in [2.45, 2.75) is 32.4 Å². The maximum absolute atomic E-state index is 11.4. The number of halogens is 1. The Morgan fingerprint density at radius 3 is 2.75 bits per heavy atom. The van der Waals surface area contributed by atoms with Gasteiger partial charge >= 0.3 is 0 Å². The van der Waals surface area contributed by atoms with Gasteiger partial charge in [0.1, 0.15) is 6.04 Å². The molecule has 2 atom stereocenters. The van der Waals surface area contributed by atoms with Crippen molar-refractivity contribution in [3.63, 3.8) is 0 Å². The number of nitrogens with one attached hydrogen (secondary N) is 1. The van der Waals surface area contributed by atoms with Crippen LogP contribution in [0.15, 0.2) is 24.3 Å². The molecule has 0 heterocycles. The molecule has 0 radical (unpaired) electrons. The van der Waals surface area contributed by atoms with E-state index in [9.17, 15) is 4.79 Å². The second-order valence-corrected chi connectivity index (χ2v) is 4.30. The lowest BCUT2D eigenvalue weighted by Gasteiger charge is -2.20. The first kappa shape index (κ1) is 13.0. The van der Waals surface area contributed by atoms with Crippen LogP contribution in [0.3, 0.4) is 0 Å². The Balaban J connectivity index is 2.89. The largest absolute Gasteiger partial charge is 0.368 e. The predicted molar refractivity (Wildman–Crippen MR) is 66.3 cm³/mol. The Morgan fingerprint density at radius 1 is 1.56 bits per heavy atom. The highest BCUT2D eigenvalue weighted by atomic mass is 35.5. The van der Waals surface area contributed by atoms with Gasteiger partial charge in [-0.1, -0.05) is 30.7 Å². The van der Waals surface area contributed by atoms with Crippen molar-refractivity contribution >= 4 is 17.5 Å². The number of hydrogen-bond acceptors (Lipinski definition) is 2. The van der Waals surface area contributed by atoms with Crippen molar-refractivity contribution in [1.82, 2.24) is 5.32 Å². The third-order valence-corrected chi connectivity index (χ3v) is 2.77. The fourth-order valence-electron chi connectivity index (χ4n) is 1.43. The number of rotatable bonds is 5. The second kappa shape index (κ2) is 5.87. The average Bonchev–Trinajstić information content (AvgIpc) is 2.25. The molecule has 2 unspecified atom stereocenters. The van der Waals surface area contributed by atoms with Crippen LogP contribution in [0.4, 0.5) is 0 Å². The maximum atomic E-state index is 11.4. The molecule has 16 heavy (non-hydrogen) atoms. The molecule has 1 aromatic rings. The van der Waals surface area contributed by atoms with Crippen molar-refractivity contribution in [2.75, 3.05) is 0 Å². The van der Waals surface area contributed by atoms with Gasteiger partial charge in [-0.3, -0.25) is 10.1 Å². The van der Waals surface area contributed by atoms with Crippen LogP contribution in [-0.4, -0.2) is 11.9 Å². The average molecular weight is 241 g/mol. The molecule has 3 N–H and O–H groups in total. The Morgan fingerprint density at radius 2 is 2.25 bits per heavy atom. The molecule has 0 aromatic heterocycles. The second-order valence-electron chi connectivity index (χ2n) is 3.87. The number of hydrogen-bond donors (Lipinski definition) is 2. The van der Waals surface area contributed by atoms with Crippen molar-refractivity contribution in [3.8, 4) is 0 Å². The molecule has 0 spiro atoms. The van der Waals surface area contributed by atoms with Crippen LogP contribution in [-0.2, 0) is 4.79 Å². The summed E-state index contributed by atoms with van der Waals surface area (Å²) in [5, 5.41) is 3.78. The number of nitrogens with two attached hydrogens (primary N) is 1. The Hall–Kier alpha value is -1.06. The van der Waals surface area contributed by atoms with Crippen LogP contribution in [0.5, 0.6) is 0 Å². The van der Waals surface area contributed by atoms with E-state index >= 15 is 0 Å². The minimum Gasteiger partial charge on any atom is -0.368 e. The summed E-state index contributed by atoms with van der Waals surface area (Å²) in [5.74, 6) is -0.387. The molecular formula is C12H17ClN2O. The summed E-state index contributed by atoms with van der Waals surface area (Å²) in [4.78, 5) is 11.4. The molecule has 0 saturated carbocycles.